The number of benzene rings is 1. The van der Waals surface area contributed by atoms with Crippen LogP contribution in [0.5, 0.6) is 0 Å². The summed E-state index contributed by atoms with van der Waals surface area (Å²) in [7, 11) is -2.93. The highest BCUT2D eigenvalue weighted by atomic mass is 35.5. The Bertz CT molecular complexity index is 497. The Hall–Kier alpha value is -0.290. The maximum absolute atomic E-state index is 11.2. The molecule has 6 heteroatoms. The van der Waals surface area contributed by atoms with Crippen molar-refractivity contribution in [3.8, 4) is 0 Å². The molecule has 1 atom stereocenters. The summed E-state index contributed by atoms with van der Waals surface area (Å²) >= 11 is 12.4. The first kappa shape index (κ1) is 16.8. The van der Waals surface area contributed by atoms with E-state index in [2.05, 4.69) is 5.32 Å². The third kappa shape index (κ3) is 5.69. The first-order valence-corrected chi connectivity index (χ1v) is 9.01. The minimum absolute atomic E-state index is 0.0204. The zero-order valence-corrected chi connectivity index (χ0v) is 13.4. The van der Waals surface area contributed by atoms with Gasteiger partial charge in [0, 0.05) is 33.7 Å². The Balaban J connectivity index is 2.82. The van der Waals surface area contributed by atoms with Crippen molar-refractivity contribution in [3.63, 3.8) is 0 Å². The van der Waals surface area contributed by atoms with Gasteiger partial charge in [-0.05, 0) is 31.5 Å². The highest BCUT2D eigenvalue weighted by molar-refractivity contribution is 7.90. The van der Waals surface area contributed by atoms with Crippen molar-refractivity contribution in [3.05, 3.63) is 33.8 Å². The molecule has 0 bridgehead atoms. The molecule has 0 aromatic heterocycles. The molecule has 0 amide bonds. The highest BCUT2D eigenvalue weighted by Gasteiger charge is 2.17. The van der Waals surface area contributed by atoms with Gasteiger partial charge in [0.2, 0.25) is 0 Å². The second kappa shape index (κ2) is 7.48. The lowest BCUT2D eigenvalue weighted by Crippen LogP contribution is -2.22. The number of rotatable bonds is 7. The largest absolute Gasteiger partial charge is 0.310 e. The van der Waals surface area contributed by atoms with Crippen molar-refractivity contribution in [2.45, 2.75) is 25.8 Å². The molecule has 1 N–H and O–H groups in total. The third-order valence-corrected chi connectivity index (χ3v) is 4.50. The molecular formula is C13H19Cl2NO2S. The number of halogens is 2. The summed E-state index contributed by atoms with van der Waals surface area (Å²) in [5.41, 5.74) is 0.848. The summed E-state index contributed by atoms with van der Waals surface area (Å²) in [4.78, 5) is 0. The first-order valence-electron chi connectivity index (χ1n) is 6.20. The predicted molar refractivity (Wildman–Crippen MR) is 81.8 cm³/mol. The molecule has 0 aliphatic rings. The molecule has 19 heavy (non-hydrogen) atoms. The van der Waals surface area contributed by atoms with E-state index in [4.69, 9.17) is 23.2 Å². The molecule has 108 valence electrons. The summed E-state index contributed by atoms with van der Waals surface area (Å²) in [6, 6.07) is 5.37. The van der Waals surface area contributed by atoms with Crippen LogP contribution >= 0.6 is 23.2 Å². The Kier molecular flexibility index (Phi) is 6.60. The fraction of sp³-hybridized carbons (Fsp3) is 0.538. The summed E-state index contributed by atoms with van der Waals surface area (Å²) in [6.45, 7) is 2.76. The van der Waals surface area contributed by atoms with E-state index in [9.17, 15) is 8.42 Å². The molecule has 0 aliphatic heterocycles. The molecule has 0 saturated heterocycles. The van der Waals surface area contributed by atoms with Gasteiger partial charge in [0.15, 0.2) is 0 Å². The Morgan fingerprint density at radius 3 is 2.32 bits per heavy atom. The molecule has 0 aliphatic carbocycles. The van der Waals surface area contributed by atoms with E-state index in [-0.39, 0.29) is 11.8 Å². The van der Waals surface area contributed by atoms with Crippen molar-refractivity contribution in [2.75, 3.05) is 18.6 Å². The zero-order chi connectivity index (χ0) is 14.5. The molecule has 0 spiro atoms. The summed E-state index contributed by atoms with van der Waals surface area (Å²) in [6.07, 6.45) is 2.51. The maximum atomic E-state index is 11.2. The SMILES string of the molecule is CCNC(CCCS(C)(=O)=O)c1c(Cl)cccc1Cl. The predicted octanol–water partition coefficient (Wildman–Crippen LogP) is 3.47. The third-order valence-electron chi connectivity index (χ3n) is 2.81. The normalized spacial score (nSPS) is 13.5. The summed E-state index contributed by atoms with van der Waals surface area (Å²) in [5.74, 6) is 0.178. The minimum atomic E-state index is -2.93. The Morgan fingerprint density at radius 1 is 1.26 bits per heavy atom. The van der Waals surface area contributed by atoms with Crippen LogP contribution in [0.15, 0.2) is 18.2 Å². The molecule has 1 aromatic rings. The van der Waals surface area contributed by atoms with Gasteiger partial charge in [0.05, 0.1) is 0 Å². The van der Waals surface area contributed by atoms with Crippen LogP contribution in [0.3, 0.4) is 0 Å². The van der Waals surface area contributed by atoms with Crippen molar-refractivity contribution in [1.82, 2.24) is 5.32 Å². The number of hydrogen-bond acceptors (Lipinski definition) is 3. The van der Waals surface area contributed by atoms with Gasteiger partial charge in [-0.15, -0.1) is 0 Å². The monoisotopic (exact) mass is 323 g/mol. The number of nitrogens with one attached hydrogen (secondary N) is 1. The van der Waals surface area contributed by atoms with Crippen LogP contribution in [0.2, 0.25) is 10.0 Å². The second-order valence-corrected chi connectivity index (χ2v) is 7.59. The fourth-order valence-electron chi connectivity index (χ4n) is 1.99. The standard InChI is InChI=1S/C13H19Cl2NO2S/c1-3-16-12(8-5-9-19(2,17)18)13-10(14)6-4-7-11(13)15/h4,6-7,12,16H,3,5,8-9H2,1-2H3. The highest BCUT2D eigenvalue weighted by Crippen LogP contribution is 2.32. The van der Waals surface area contributed by atoms with Gasteiger partial charge in [-0.1, -0.05) is 36.2 Å². The molecular weight excluding hydrogens is 305 g/mol. The molecule has 0 heterocycles. The lowest BCUT2D eigenvalue weighted by Gasteiger charge is -2.20. The zero-order valence-electron chi connectivity index (χ0n) is 11.1. The van der Waals surface area contributed by atoms with E-state index in [1.54, 1.807) is 18.2 Å². The summed E-state index contributed by atoms with van der Waals surface area (Å²) < 4.78 is 22.3. The molecule has 0 saturated carbocycles. The average molecular weight is 324 g/mol. The van der Waals surface area contributed by atoms with Crippen LogP contribution < -0.4 is 5.32 Å². The summed E-state index contributed by atoms with van der Waals surface area (Å²) in [5, 5.41) is 4.52. The van der Waals surface area contributed by atoms with Crippen LogP contribution in [0.1, 0.15) is 31.4 Å². The van der Waals surface area contributed by atoms with Gasteiger partial charge in [-0.3, -0.25) is 0 Å². The fourth-order valence-corrected chi connectivity index (χ4v) is 3.34. The number of sulfone groups is 1. The molecule has 0 radical (unpaired) electrons. The van der Waals surface area contributed by atoms with Crippen molar-refractivity contribution in [2.24, 2.45) is 0 Å². The Labute approximate surface area is 125 Å². The van der Waals surface area contributed by atoms with Gasteiger partial charge >= 0.3 is 0 Å². The van der Waals surface area contributed by atoms with Crippen molar-refractivity contribution in [1.29, 1.82) is 0 Å². The smallest absolute Gasteiger partial charge is 0.147 e. The minimum Gasteiger partial charge on any atom is -0.310 e. The number of hydrogen-bond donors (Lipinski definition) is 1. The van der Waals surface area contributed by atoms with E-state index >= 15 is 0 Å². The molecule has 0 fully saturated rings. The van der Waals surface area contributed by atoms with Crippen molar-refractivity contribution >= 4 is 33.0 Å². The van der Waals surface area contributed by atoms with E-state index in [1.165, 1.54) is 6.26 Å². The average Bonchev–Trinajstić information content (AvgIpc) is 2.27. The molecule has 1 aromatic carbocycles. The van der Waals surface area contributed by atoms with E-state index < -0.39 is 9.84 Å². The van der Waals surface area contributed by atoms with Crippen LogP contribution in [0.25, 0.3) is 0 Å². The lowest BCUT2D eigenvalue weighted by molar-refractivity contribution is 0.507. The van der Waals surface area contributed by atoms with Crippen LogP contribution in [0.4, 0.5) is 0 Å². The lowest BCUT2D eigenvalue weighted by atomic mass is 10.0. The quantitative estimate of drug-likeness (QED) is 0.835. The molecule has 3 nitrogen and oxygen atoms in total. The van der Waals surface area contributed by atoms with Gasteiger partial charge in [-0.2, -0.15) is 0 Å². The Morgan fingerprint density at radius 2 is 1.84 bits per heavy atom. The van der Waals surface area contributed by atoms with Crippen LogP contribution in [-0.4, -0.2) is 27.0 Å². The topological polar surface area (TPSA) is 46.2 Å². The van der Waals surface area contributed by atoms with Gasteiger partial charge in [0.25, 0.3) is 0 Å². The van der Waals surface area contributed by atoms with Crippen molar-refractivity contribution < 1.29 is 8.42 Å². The van der Waals surface area contributed by atoms with Gasteiger partial charge in [-0.25, -0.2) is 8.42 Å². The molecule has 1 rings (SSSR count). The van der Waals surface area contributed by atoms with Crippen LogP contribution in [-0.2, 0) is 9.84 Å². The van der Waals surface area contributed by atoms with E-state index in [0.717, 1.165) is 12.1 Å². The first-order chi connectivity index (χ1) is 8.85. The van der Waals surface area contributed by atoms with Gasteiger partial charge in [0.1, 0.15) is 9.84 Å². The maximum Gasteiger partial charge on any atom is 0.147 e. The van der Waals surface area contributed by atoms with Crippen LogP contribution in [0, 0.1) is 0 Å². The van der Waals surface area contributed by atoms with E-state index in [0.29, 0.717) is 22.9 Å². The van der Waals surface area contributed by atoms with E-state index in [1.807, 2.05) is 6.92 Å². The van der Waals surface area contributed by atoms with Gasteiger partial charge < -0.3 is 5.32 Å². The molecule has 1 unspecified atom stereocenters. The second-order valence-electron chi connectivity index (χ2n) is 4.52.